The van der Waals surface area contributed by atoms with Gasteiger partial charge in [0.05, 0.1) is 17.3 Å². The van der Waals surface area contributed by atoms with Gasteiger partial charge in [0.25, 0.3) is 5.91 Å². The first-order valence-electron chi connectivity index (χ1n) is 11.2. The molecule has 0 unspecified atom stereocenters. The number of nitrogens with zero attached hydrogens (tertiary/aromatic N) is 1. The minimum absolute atomic E-state index is 0.159. The number of carbonyl (C=O) groups is 1. The van der Waals surface area contributed by atoms with Gasteiger partial charge in [-0.3, -0.25) is 9.79 Å². The van der Waals surface area contributed by atoms with Crippen molar-refractivity contribution in [1.29, 1.82) is 0 Å². The van der Waals surface area contributed by atoms with Crippen molar-refractivity contribution in [2.24, 2.45) is 4.99 Å². The molecule has 1 amide bonds. The van der Waals surface area contributed by atoms with E-state index >= 15 is 0 Å². The molecule has 0 fully saturated rings. The Kier molecular flexibility index (Phi) is 8.36. The van der Waals surface area contributed by atoms with E-state index in [1.54, 1.807) is 19.4 Å². The molecule has 7 heteroatoms. The number of ether oxygens (including phenoxy) is 3. The number of nitrogens with one attached hydrogen (secondary N) is 1. The van der Waals surface area contributed by atoms with Crippen LogP contribution in [0.3, 0.4) is 0 Å². The number of methoxy groups -OCH3 is 1. The third kappa shape index (κ3) is 6.96. The average Bonchev–Trinajstić information content (AvgIpc) is 2.88. The van der Waals surface area contributed by atoms with Crippen LogP contribution in [0.1, 0.15) is 11.1 Å². The number of aliphatic imine (C=N–C) groups is 1. The standard InChI is InChI=1S/C29H25BrN2O4/c1-20-7-6-8-23(15-20)32-28(33)19-35-29-26(30)16-21(17-27(29)34-2)18-31-22-11-13-25(14-12-22)36-24-9-4-3-5-10-24/h3-18H,19H2,1-2H3,(H,32,33). The second-order valence-corrected chi connectivity index (χ2v) is 8.76. The molecule has 4 aromatic rings. The van der Waals surface area contributed by atoms with Crippen LogP contribution in [0.25, 0.3) is 0 Å². The molecule has 0 bridgehead atoms. The topological polar surface area (TPSA) is 69.1 Å². The lowest BCUT2D eigenvalue weighted by Crippen LogP contribution is -2.20. The van der Waals surface area contributed by atoms with Gasteiger partial charge in [-0.05, 0) is 94.6 Å². The summed E-state index contributed by atoms with van der Waals surface area (Å²) >= 11 is 3.52. The Bertz CT molecular complexity index is 1360. The molecule has 0 aliphatic heterocycles. The second kappa shape index (κ2) is 12.0. The van der Waals surface area contributed by atoms with E-state index in [1.807, 2.05) is 91.9 Å². The molecule has 0 spiro atoms. The summed E-state index contributed by atoms with van der Waals surface area (Å²) in [4.78, 5) is 16.9. The third-order valence-electron chi connectivity index (χ3n) is 5.08. The molecule has 0 aromatic heterocycles. The van der Waals surface area contributed by atoms with Crippen molar-refractivity contribution >= 4 is 39.4 Å². The summed E-state index contributed by atoms with van der Waals surface area (Å²) in [5.41, 5.74) is 3.37. The zero-order valence-corrected chi connectivity index (χ0v) is 21.5. The van der Waals surface area contributed by atoms with Gasteiger partial charge in [0.15, 0.2) is 18.1 Å². The molecule has 4 rings (SSSR count). The molecule has 1 N–H and O–H groups in total. The highest BCUT2D eigenvalue weighted by Gasteiger charge is 2.13. The van der Waals surface area contributed by atoms with Crippen LogP contribution in [0.5, 0.6) is 23.0 Å². The summed E-state index contributed by atoms with van der Waals surface area (Å²) in [7, 11) is 1.55. The monoisotopic (exact) mass is 544 g/mol. The van der Waals surface area contributed by atoms with E-state index in [2.05, 4.69) is 26.2 Å². The lowest BCUT2D eigenvalue weighted by Gasteiger charge is -2.13. The number of amides is 1. The molecular formula is C29H25BrN2O4. The molecule has 0 aliphatic rings. The fraction of sp³-hybridized carbons (Fsp3) is 0.103. The van der Waals surface area contributed by atoms with Crippen LogP contribution >= 0.6 is 15.9 Å². The first-order valence-corrected chi connectivity index (χ1v) is 12.0. The normalized spacial score (nSPS) is 10.8. The number of benzene rings is 4. The zero-order valence-electron chi connectivity index (χ0n) is 19.9. The van der Waals surface area contributed by atoms with E-state index in [1.165, 1.54) is 0 Å². The summed E-state index contributed by atoms with van der Waals surface area (Å²) in [6, 6.07) is 28.3. The Morgan fingerprint density at radius 2 is 1.69 bits per heavy atom. The van der Waals surface area contributed by atoms with Crippen LogP contribution < -0.4 is 19.5 Å². The quantitative estimate of drug-likeness (QED) is 0.224. The largest absolute Gasteiger partial charge is 0.493 e. The van der Waals surface area contributed by atoms with Gasteiger partial charge >= 0.3 is 0 Å². The van der Waals surface area contributed by atoms with Gasteiger partial charge in [-0.1, -0.05) is 30.3 Å². The molecule has 36 heavy (non-hydrogen) atoms. The molecule has 0 atom stereocenters. The van der Waals surface area contributed by atoms with Crippen molar-refractivity contribution < 1.29 is 19.0 Å². The van der Waals surface area contributed by atoms with E-state index in [0.717, 1.165) is 34.0 Å². The smallest absolute Gasteiger partial charge is 0.262 e. The molecule has 4 aromatic carbocycles. The first-order chi connectivity index (χ1) is 17.5. The highest BCUT2D eigenvalue weighted by molar-refractivity contribution is 9.10. The minimum atomic E-state index is -0.264. The van der Waals surface area contributed by atoms with E-state index in [4.69, 9.17) is 14.2 Å². The Labute approximate surface area is 218 Å². The predicted molar refractivity (Wildman–Crippen MR) is 146 cm³/mol. The lowest BCUT2D eigenvalue weighted by atomic mass is 10.2. The highest BCUT2D eigenvalue weighted by atomic mass is 79.9. The number of aryl methyl sites for hydroxylation is 1. The summed E-state index contributed by atoms with van der Waals surface area (Å²) in [5.74, 6) is 2.18. The van der Waals surface area contributed by atoms with Crippen molar-refractivity contribution in [2.75, 3.05) is 19.0 Å². The Morgan fingerprint density at radius 3 is 2.42 bits per heavy atom. The number of carbonyl (C=O) groups excluding carboxylic acids is 1. The number of hydrogen-bond donors (Lipinski definition) is 1. The van der Waals surface area contributed by atoms with Crippen molar-refractivity contribution in [3.63, 3.8) is 0 Å². The van der Waals surface area contributed by atoms with Crippen LogP contribution in [0.2, 0.25) is 0 Å². The van der Waals surface area contributed by atoms with Gasteiger partial charge in [-0.25, -0.2) is 0 Å². The van der Waals surface area contributed by atoms with E-state index in [0.29, 0.717) is 16.0 Å². The van der Waals surface area contributed by atoms with E-state index in [9.17, 15) is 4.79 Å². The Balaban J connectivity index is 1.39. The maximum Gasteiger partial charge on any atom is 0.262 e. The van der Waals surface area contributed by atoms with Crippen LogP contribution in [-0.4, -0.2) is 25.8 Å². The van der Waals surface area contributed by atoms with Crippen molar-refractivity contribution in [3.8, 4) is 23.0 Å². The summed E-state index contributed by atoms with van der Waals surface area (Å²) < 4.78 is 17.7. The average molecular weight is 545 g/mol. The zero-order chi connectivity index (χ0) is 25.3. The number of para-hydroxylation sites is 1. The van der Waals surface area contributed by atoms with Gasteiger partial charge < -0.3 is 19.5 Å². The fourth-order valence-electron chi connectivity index (χ4n) is 3.39. The van der Waals surface area contributed by atoms with Crippen molar-refractivity contribution in [1.82, 2.24) is 0 Å². The maximum atomic E-state index is 12.3. The minimum Gasteiger partial charge on any atom is -0.493 e. The lowest BCUT2D eigenvalue weighted by molar-refractivity contribution is -0.118. The van der Waals surface area contributed by atoms with Gasteiger partial charge in [0, 0.05) is 11.9 Å². The molecule has 0 heterocycles. The molecular weight excluding hydrogens is 520 g/mol. The van der Waals surface area contributed by atoms with Crippen LogP contribution in [0.15, 0.2) is 100 Å². The molecule has 0 saturated carbocycles. The van der Waals surface area contributed by atoms with Crippen LogP contribution in [0.4, 0.5) is 11.4 Å². The number of halogens is 1. The van der Waals surface area contributed by atoms with E-state index in [-0.39, 0.29) is 12.5 Å². The van der Waals surface area contributed by atoms with Gasteiger partial charge in [-0.2, -0.15) is 0 Å². The van der Waals surface area contributed by atoms with Crippen LogP contribution in [-0.2, 0) is 4.79 Å². The van der Waals surface area contributed by atoms with Crippen molar-refractivity contribution in [2.45, 2.75) is 6.92 Å². The van der Waals surface area contributed by atoms with Gasteiger partial charge in [0.1, 0.15) is 11.5 Å². The summed E-state index contributed by atoms with van der Waals surface area (Å²) in [6.45, 7) is 1.81. The summed E-state index contributed by atoms with van der Waals surface area (Å²) in [6.07, 6.45) is 1.73. The van der Waals surface area contributed by atoms with Crippen LogP contribution in [0, 0.1) is 6.92 Å². The Hall–Kier alpha value is -4.10. The fourth-order valence-corrected chi connectivity index (χ4v) is 3.96. The molecule has 6 nitrogen and oxygen atoms in total. The Morgan fingerprint density at radius 1 is 0.944 bits per heavy atom. The van der Waals surface area contributed by atoms with Crippen molar-refractivity contribution in [3.05, 3.63) is 107 Å². The highest BCUT2D eigenvalue weighted by Crippen LogP contribution is 2.36. The number of rotatable bonds is 9. The molecule has 0 aliphatic carbocycles. The number of anilines is 1. The molecule has 0 radical (unpaired) electrons. The first kappa shape index (κ1) is 25.0. The number of hydrogen-bond acceptors (Lipinski definition) is 5. The van der Waals surface area contributed by atoms with Gasteiger partial charge in [0.2, 0.25) is 0 Å². The predicted octanol–water partition coefficient (Wildman–Crippen LogP) is 7.33. The third-order valence-corrected chi connectivity index (χ3v) is 5.67. The molecule has 182 valence electrons. The molecule has 0 saturated heterocycles. The van der Waals surface area contributed by atoms with Gasteiger partial charge in [-0.15, -0.1) is 0 Å². The second-order valence-electron chi connectivity index (χ2n) is 7.91. The maximum absolute atomic E-state index is 12.3. The SMILES string of the molecule is COc1cc(C=Nc2ccc(Oc3ccccc3)cc2)cc(Br)c1OCC(=O)Nc1cccc(C)c1. The van der Waals surface area contributed by atoms with E-state index < -0.39 is 0 Å². The summed E-state index contributed by atoms with van der Waals surface area (Å²) in [5, 5.41) is 2.83.